The van der Waals surface area contributed by atoms with E-state index >= 15 is 0 Å². The summed E-state index contributed by atoms with van der Waals surface area (Å²) < 4.78 is 0. The van der Waals surface area contributed by atoms with Gasteiger partial charge in [0.2, 0.25) is 0 Å². The van der Waals surface area contributed by atoms with Gasteiger partial charge < -0.3 is 10.2 Å². The molecule has 3 atom stereocenters. The van der Waals surface area contributed by atoms with Crippen molar-refractivity contribution in [3.8, 4) is 0 Å². The van der Waals surface area contributed by atoms with Crippen LogP contribution in [0.1, 0.15) is 51.9 Å². The minimum absolute atomic E-state index is 0.0727. The standard InChI is InChI=1S/C13H25NO3S/c1-2-8-18-11-9-12(15)14(13(11)16)17-10-6-4-3-5-7-10/h10-13,15-16H,2-9H2,1H3. The molecule has 2 aliphatic rings. The first-order chi connectivity index (χ1) is 8.72. The lowest BCUT2D eigenvalue weighted by molar-refractivity contribution is -0.301. The maximum Gasteiger partial charge on any atom is 0.144 e. The number of hydroxylamine groups is 2. The summed E-state index contributed by atoms with van der Waals surface area (Å²) >= 11 is 1.73. The van der Waals surface area contributed by atoms with E-state index in [1.165, 1.54) is 24.3 Å². The Kier molecular flexibility index (Phi) is 5.76. The summed E-state index contributed by atoms with van der Waals surface area (Å²) in [6, 6.07) is 0. The van der Waals surface area contributed by atoms with Gasteiger partial charge in [0.15, 0.2) is 0 Å². The van der Waals surface area contributed by atoms with Crippen molar-refractivity contribution >= 4 is 11.8 Å². The molecular weight excluding hydrogens is 250 g/mol. The Labute approximate surface area is 114 Å². The van der Waals surface area contributed by atoms with Gasteiger partial charge in [-0.3, -0.25) is 4.84 Å². The molecule has 1 heterocycles. The highest BCUT2D eigenvalue weighted by Crippen LogP contribution is 2.33. The van der Waals surface area contributed by atoms with Crippen LogP contribution in [-0.4, -0.2) is 44.8 Å². The van der Waals surface area contributed by atoms with E-state index in [4.69, 9.17) is 4.84 Å². The number of thioether (sulfide) groups is 1. The topological polar surface area (TPSA) is 52.9 Å². The normalized spacial score (nSPS) is 35.2. The smallest absolute Gasteiger partial charge is 0.144 e. The molecule has 1 aliphatic carbocycles. The maximum absolute atomic E-state index is 10.2. The molecule has 1 saturated carbocycles. The quantitative estimate of drug-likeness (QED) is 0.805. The average molecular weight is 275 g/mol. The van der Waals surface area contributed by atoms with E-state index in [2.05, 4.69) is 6.92 Å². The molecule has 2 fully saturated rings. The molecule has 0 spiro atoms. The van der Waals surface area contributed by atoms with E-state index in [0.29, 0.717) is 6.42 Å². The van der Waals surface area contributed by atoms with Crippen molar-refractivity contribution < 1.29 is 15.1 Å². The highest BCUT2D eigenvalue weighted by Gasteiger charge is 2.41. The third-order valence-electron chi connectivity index (χ3n) is 3.69. The van der Waals surface area contributed by atoms with Gasteiger partial charge in [0.05, 0.1) is 11.4 Å². The van der Waals surface area contributed by atoms with Gasteiger partial charge >= 0.3 is 0 Å². The Bertz CT molecular complexity index is 248. The van der Waals surface area contributed by atoms with Gasteiger partial charge in [-0.25, -0.2) is 0 Å². The Morgan fingerprint density at radius 2 is 1.94 bits per heavy atom. The fraction of sp³-hybridized carbons (Fsp3) is 1.00. The molecular formula is C13H25NO3S. The van der Waals surface area contributed by atoms with E-state index < -0.39 is 12.5 Å². The van der Waals surface area contributed by atoms with Crippen molar-refractivity contribution in [3.05, 3.63) is 0 Å². The molecule has 0 aromatic heterocycles. The van der Waals surface area contributed by atoms with Gasteiger partial charge in [0.25, 0.3) is 0 Å². The summed E-state index contributed by atoms with van der Waals surface area (Å²) in [5, 5.41) is 21.7. The second kappa shape index (κ2) is 7.10. The summed E-state index contributed by atoms with van der Waals surface area (Å²) in [6.45, 7) is 2.13. The van der Waals surface area contributed by atoms with Crippen molar-refractivity contribution in [2.24, 2.45) is 0 Å². The zero-order valence-corrected chi connectivity index (χ0v) is 11.9. The molecule has 2 rings (SSSR count). The number of aliphatic hydroxyl groups excluding tert-OH is 2. The van der Waals surface area contributed by atoms with Gasteiger partial charge in [-0.1, -0.05) is 26.2 Å². The number of hydrogen-bond acceptors (Lipinski definition) is 5. The van der Waals surface area contributed by atoms with Crippen molar-refractivity contribution in [3.63, 3.8) is 0 Å². The molecule has 1 aliphatic heterocycles. The van der Waals surface area contributed by atoms with E-state index in [0.717, 1.165) is 25.0 Å². The zero-order chi connectivity index (χ0) is 13.0. The lowest BCUT2D eigenvalue weighted by Gasteiger charge is -2.30. The minimum Gasteiger partial charge on any atom is -0.376 e. The van der Waals surface area contributed by atoms with E-state index in [-0.39, 0.29) is 11.4 Å². The number of rotatable bonds is 5. The van der Waals surface area contributed by atoms with Crippen LogP contribution in [0.5, 0.6) is 0 Å². The van der Waals surface area contributed by atoms with Crippen LogP contribution in [0, 0.1) is 0 Å². The largest absolute Gasteiger partial charge is 0.376 e. The lowest BCUT2D eigenvalue weighted by Crippen LogP contribution is -2.41. The Morgan fingerprint density at radius 3 is 2.61 bits per heavy atom. The summed E-state index contributed by atoms with van der Waals surface area (Å²) in [5.41, 5.74) is 0. The fourth-order valence-corrected chi connectivity index (χ4v) is 3.81. The van der Waals surface area contributed by atoms with Crippen LogP contribution in [0.25, 0.3) is 0 Å². The van der Waals surface area contributed by atoms with Gasteiger partial charge in [0.1, 0.15) is 12.5 Å². The Hall–Kier alpha value is 0.190. The number of aliphatic hydroxyl groups is 2. The highest BCUT2D eigenvalue weighted by molar-refractivity contribution is 7.99. The molecule has 0 aromatic rings. The SMILES string of the molecule is CCCSC1CC(O)N(OC2CCCCC2)C1O. The molecule has 3 unspecified atom stereocenters. The van der Waals surface area contributed by atoms with Crippen LogP contribution in [0.4, 0.5) is 0 Å². The molecule has 2 N–H and O–H groups in total. The predicted octanol–water partition coefficient (Wildman–Crippen LogP) is 2.11. The van der Waals surface area contributed by atoms with Gasteiger partial charge in [-0.05, 0) is 25.0 Å². The molecule has 106 valence electrons. The van der Waals surface area contributed by atoms with E-state index in [1.54, 1.807) is 11.8 Å². The van der Waals surface area contributed by atoms with E-state index in [9.17, 15) is 10.2 Å². The van der Waals surface area contributed by atoms with Crippen molar-refractivity contribution in [1.29, 1.82) is 0 Å². The second-order valence-corrected chi connectivity index (χ2v) is 6.61. The molecule has 0 bridgehead atoms. The highest BCUT2D eigenvalue weighted by atomic mass is 32.2. The average Bonchev–Trinajstić information content (AvgIpc) is 2.65. The van der Waals surface area contributed by atoms with Crippen LogP contribution < -0.4 is 0 Å². The molecule has 4 nitrogen and oxygen atoms in total. The fourth-order valence-electron chi connectivity index (χ4n) is 2.67. The molecule has 0 amide bonds. The molecule has 5 heteroatoms. The first kappa shape index (κ1) is 14.6. The minimum atomic E-state index is -0.668. The van der Waals surface area contributed by atoms with Crippen LogP contribution in [-0.2, 0) is 4.84 Å². The number of nitrogens with zero attached hydrogens (tertiary/aromatic N) is 1. The summed E-state index contributed by atoms with van der Waals surface area (Å²) in [4.78, 5) is 5.81. The van der Waals surface area contributed by atoms with Crippen molar-refractivity contribution in [1.82, 2.24) is 5.06 Å². The van der Waals surface area contributed by atoms with Gasteiger partial charge in [-0.15, -0.1) is 5.06 Å². The maximum atomic E-state index is 10.2. The number of hydrogen-bond donors (Lipinski definition) is 2. The second-order valence-electron chi connectivity index (χ2n) is 5.26. The summed E-state index contributed by atoms with van der Waals surface area (Å²) in [7, 11) is 0. The van der Waals surface area contributed by atoms with Crippen LogP contribution in [0.3, 0.4) is 0 Å². The predicted molar refractivity (Wildman–Crippen MR) is 73.0 cm³/mol. The first-order valence-electron chi connectivity index (χ1n) is 7.15. The molecule has 0 radical (unpaired) electrons. The van der Waals surface area contributed by atoms with Crippen LogP contribution in [0.15, 0.2) is 0 Å². The monoisotopic (exact) mass is 275 g/mol. The molecule has 1 saturated heterocycles. The molecule has 0 aromatic carbocycles. The third-order valence-corrected chi connectivity index (χ3v) is 5.20. The van der Waals surface area contributed by atoms with Crippen molar-refractivity contribution in [2.45, 2.75) is 75.7 Å². The van der Waals surface area contributed by atoms with Gasteiger partial charge in [0, 0.05) is 6.42 Å². The van der Waals surface area contributed by atoms with Crippen molar-refractivity contribution in [2.75, 3.05) is 5.75 Å². The van der Waals surface area contributed by atoms with Crippen LogP contribution >= 0.6 is 11.8 Å². The molecule has 18 heavy (non-hydrogen) atoms. The van der Waals surface area contributed by atoms with Crippen LogP contribution in [0.2, 0.25) is 0 Å². The first-order valence-corrected chi connectivity index (χ1v) is 8.20. The Balaban J connectivity index is 1.83. The summed E-state index contributed by atoms with van der Waals surface area (Å²) in [6.07, 6.45) is 6.29. The van der Waals surface area contributed by atoms with E-state index in [1.807, 2.05) is 0 Å². The Morgan fingerprint density at radius 1 is 1.22 bits per heavy atom. The zero-order valence-electron chi connectivity index (χ0n) is 11.1. The summed E-state index contributed by atoms with van der Waals surface area (Å²) in [5.74, 6) is 1.02. The third kappa shape index (κ3) is 3.61. The van der Waals surface area contributed by atoms with Gasteiger partial charge in [-0.2, -0.15) is 11.8 Å². The lowest BCUT2D eigenvalue weighted by atomic mass is 9.98.